The Labute approximate surface area is 61.5 Å². The van der Waals surface area contributed by atoms with Crippen LogP contribution < -0.4 is 5.32 Å². The molecule has 3 nitrogen and oxygen atoms in total. The van der Waals surface area contributed by atoms with Crippen LogP contribution in [-0.2, 0) is 4.74 Å². The fourth-order valence-electron chi connectivity index (χ4n) is 0.814. The number of nitrogens with zero attached hydrogens (tertiary/aromatic N) is 1. The Hall–Kier alpha value is -0.730. The van der Waals surface area contributed by atoms with Crippen molar-refractivity contribution in [1.82, 2.24) is 5.32 Å². The van der Waals surface area contributed by atoms with Crippen molar-refractivity contribution in [3.8, 4) is 0 Å². The summed E-state index contributed by atoms with van der Waals surface area (Å²) in [5, 5.41) is 3.11. The van der Waals surface area contributed by atoms with Crippen molar-refractivity contribution in [1.29, 1.82) is 0 Å². The number of aliphatic imine (C=N–C) groups is 1. The highest BCUT2D eigenvalue weighted by atomic mass is 16.5. The third kappa shape index (κ3) is 2.25. The molecule has 1 rings (SSSR count). The van der Waals surface area contributed by atoms with Gasteiger partial charge >= 0.3 is 0 Å². The minimum absolute atomic E-state index is 0.730. The van der Waals surface area contributed by atoms with Crippen LogP contribution in [0.2, 0.25) is 0 Å². The first kappa shape index (κ1) is 7.38. The lowest BCUT2D eigenvalue weighted by atomic mass is 10.3. The van der Waals surface area contributed by atoms with Gasteiger partial charge in [0.1, 0.15) is 6.61 Å². The number of rotatable bonds is 3. The average molecular weight is 142 g/mol. The highest BCUT2D eigenvalue weighted by molar-refractivity contribution is 5.74. The first-order valence-corrected chi connectivity index (χ1v) is 3.84. The first-order chi connectivity index (χ1) is 4.93. The van der Waals surface area contributed by atoms with E-state index >= 15 is 0 Å². The maximum absolute atomic E-state index is 5.14. The van der Waals surface area contributed by atoms with Gasteiger partial charge in [-0.25, -0.2) is 4.99 Å². The second kappa shape index (κ2) is 4.14. The summed E-state index contributed by atoms with van der Waals surface area (Å²) in [5.41, 5.74) is 0. The Morgan fingerprint density at radius 1 is 1.70 bits per heavy atom. The van der Waals surface area contributed by atoms with Crippen LogP contribution in [0.25, 0.3) is 0 Å². The highest BCUT2D eigenvalue weighted by Gasteiger charge is 2.03. The van der Waals surface area contributed by atoms with Gasteiger partial charge in [0.25, 0.3) is 6.02 Å². The van der Waals surface area contributed by atoms with Crippen molar-refractivity contribution in [3.63, 3.8) is 0 Å². The van der Waals surface area contributed by atoms with E-state index in [9.17, 15) is 0 Å². The van der Waals surface area contributed by atoms with E-state index in [-0.39, 0.29) is 0 Å². The zero-order valence-electron chi connectivity index (χ0n) is 6.39. The third-order valence-electron chi connectivity index (χ3n) is 1.39. The van der Waals surface area contributed by atoms with Gasteiger partial charge < -0.3 is 10.1 Å². The Morgan fingerprint density at radius 3 is 3.20 bits per heavy atom. The van der Waals surface area contributed by atoms with Gasteiger partial charge in [0.2, 0.25) is 0 Å². The Bertz CT molecular complexity index is 123. The highest BCUT2D eigenvalue weighted by Crippen LogP contribution is 1.91. The van der Waals surface area contributed by atoms with E-state index in [1.807, 2.05) is 0 Å². The number of hydrogen-bond donors (Lipinski definition) is 1. The number of nitrogens with one attached hydrogen (secondary N) is 1. The topological polar surface area (TPSA) is 33.6 Å². The fraction of sp³-hybridized carbons (Fsp3) is 0.857. The summed E-state index contributed by atoms with van der Waals surface area (Å²) in [6.07, 6.45) is 2.39. The molecule has 0 aromatic carbocycles. The molecular formula is C7H14N2O. The largest absolute Gasteiger partial charge is 0.463 e. The molecule has 0 fully saturated rings. The van der Waals surface area contributed by atoms with Gasteiger partial charge in [-0.1, -0.05) is 13.3 Å². The minimum Gasteiger partial charge on any atom is -0.463 e. The number of hydrogen-bond acceptors (Lipinski definition) is 3. The van der Waals surface area contributed by atoms with Crippen LogP contribution >= 0.6 is 0 Å². The molecule has 0 saturated carbocycles. The summed E-state index contributed by atoms with van der Waals surface area (Å²) >= 11 is 0. The van der Waals surface area contributed by atoms with Crippen molar-refractivity contribution in [2.75, 3.05) is 19.7 Å². The minimum atomic E-state index is 0.730. The van der Waals surface area contributed by atoms with Crippen LogP contribution in [0.15, 0.2) is 4.99 Å². The van der Waals surface area contributed by atoms with E-state index in [4.69, 9.17) is 4.74 Å². The van der Waals surface area contributed by atoms with Crippen LogP contribution in [0.1, 0.15) is 19.8 Å². The molecule has 1 heterocycles. The van der Waals surface area contributed by atoms with Gasteiger partial charge in [0.15, 0.2) is 0 Å². The molecule has 58 valence electrons. The van der Waals surface area contributed by atoms with E-state index in [0.29, 0.717) is 0 Å². The lowest BCUT2D eigenvalue weighted by Crippen LogP contribution is -2.24. The van der Waals surface area contributed by atoms with E-state index < -0.39 is 0 Å². The quantitative estimate of drug-likeness (QED) is 0.590. The number of ether oxygens (including phenoxy) is 1. The monoisotopic (exact) mass is 142 g/mol. The van der Waals surface area contributed by atoms with Crippen molar-refractivity contribution in [2.24, 2.45) is 4.99 Å². The van der Waals surface area contributed by atoms with Gasteiger partial charge in [-0.2, -0.15) is 0 Å². The molecule has 0 aromatic heterocycles. The van der Waals surface area contributed by atoms with Crippen LogP contribution in [0.3, 0.4) is 0 Å². The average Bonchev–Trinajstić information content (AvgIpc) is 2.41. The molecule has 0 bridgehead atoms. The summed E-state index contributed by atoms with van der Waals surface area (Å²) in [7, 11) is 0. The molecule has 3 heteroatoms. The molecule has 1 aliphatic heterocycles. The third-order valence-corrected chi connectivity index (χ3v) is 1.39. The number of unbranched alkanes of at least 4 members (excludes halogenated alkanes) is 1. The smallest absolute Gasteiger partial charge is 0.284 e. The molecule has 0 radical (unpaired) electrons. The molecule has 0 atom stereocenters. The van der Waals surface area contributed by atoms with Gasteiger partial charge in [0, 0.05) is 6.54 Å². The second-order valence-corrected chi connectivity index (χ2v) is 2.32. The van der Waals surface area contributed by atoms with Crippen molar-refractivity contribution in [3.05, 3.63) is 0 Å². The molecule has 0 aliphatic carbocycles. The maximum atomic E-state index is 5.14. The molecule has 0 amide bonds. The van der Waals surface area contributed by atoms with Gasteiger partial charge in [-0.3, -0.25) is 0 Å². The van der Waals surface area contributed by atoms with E-state index in [0.717, 1.165) is 25.7 Å². The van der Waals surface area contributed by atoms with Crippen molar-refractivity contribution >= 4 is 6.02 Å². The van der Waals surface area contributed by atoms with E-state index in [1.54, 1.807) is 0 Å². The normalized spacial score (nSPS) is 16.3. The fourth-order valence-corrected chi connectivity index (χ4v) is 0.814. The van der Waals surface area contributed by atoms with Gasteiger partial charge in [-0.15, -0.1) is 0 Å². The van der Waals surface area contributed by atoms with Crippen LogP contribution in [0, 0.1) is 0 Å². The lowest BCUT2D eigenvalue weighted by Gasteiger charge is -2.02. The molecule has 0 unspecified atom stereocenters. The lowest BCUT2D eigenvalue weighted by molar-refractivity contribution is 0.331. The SMILES string of the molecule is CCCCNC1=NCCO1. The molecule has 1 N–H and O–H groups in total. The standard InChI is InChI=1S/C7H14N2O/c1-2-3-4-8-7-9-5-6-10-7/h2-6H2,1H3,(H,8,9). The Kier molecular flexibility index (Phi) is 3.06. The predicted octanol–water partition coefficient (Wildman–Crippen LogP) is 0.762. The molecule has 0 aromatic rings. The van der Waals surface area contributed by atoms with Crippen LogP contribution in [0.5, 0.6) is 0 Å². The zero-order valence-corrected chi connectivity index (χ0v) is 6.39. The molecule has 1 aliphatic rings. The molecule has 0 spiro atoms. The van der Waals surface area contributed by atoms with Crippen molar-refractivity contribution < 1.29 is 4.74 Å². The summed E-state index contributed by atoms with van der Waals surface area (Å²) in [6.45, 7) is 4.71. The predicted molar refractivity (Wildman–Crippen MR) is 41.2 cm³/mol. The van der Waals surface area contributed by atoms with Gasteiger partial charge in [0.05, 0.1) is 6.54 Å². The zero-order chi connectivity index (χ0) is 7.23. The molecular weight excluding hydrogens is 128 g/mol. The molecule has 0 saturated heterocycles. The Morgan fingerprint density at radius 2 is 2.60 bits per heavy atom. The Balaban J connectivity index is 2.01. The van der Waals surface area contributed by atoms with Gasteiger partial charge in [-0.05, 0) is 6.42 Å². The van der Waals surface area contributed by atoms with Crippen molar-refractivity contribution in [2.45, 2.75) is 19.8 Å². The van der Waals surface area contributed by atoms with Crippen LogP contribution in [-0.4, -0.2) is 25.7 Å². The summed E-state index contributed by atoms with van der Waals surface area (Å²) in [4.78, 5) is 4.09. The summed E-state index contributed by atoms with van der Waals surface area (Å²) < 4.78 is 5.14. The maximum Gasteiger partial charge on any atom is 0.284 e. The second-order valence-electron chi connectivity index (χ2n) is 2.32. The van der Waals surface area contributed by atoms with Crippen LogP contribution in [0.4, 0.5) is 0 Å². The summed E-state index contributed by atoms with van der Waals surface area (Å²) in [5.74, 6) is 0. The van der Waals surface area contributed by atoms with E-state index in [2.05, 4.69) is 17.2 Å². The van der Waals surface area contributed by atoms with E-state index in [1.165, 1.54) is 12.8 Å². The summed E-state index contributed by atoms with van der Waals surface area (Å²) in [6, 6.07) is 0.730. The molecule has 10 heavy (non-hydrogen) atoms. The number of amidine groups is 1. The first-order valence-electron chi connectivity index (χ1n) is 3.84.